The molecule has 0 bridgehead atoms. The fraction of sp³-hybridized carbons (Fsp3) is 0.273. The Morgan fingerprint density at radius 1 is 1.58 bits per heavy atom. The molecule has 1 N–H and O–H groups in total. The Labute approximate surface area is 112 Å². The van der Waals surface area contributed by atoms with Gasteiger partial charge < -0.3 is 9.73 Å². The number of hydrogen-bond acceptors (Lipinski definition) is 6. The number of benzene rings is 1. The molecule has 0 fully saturated rings. The van der Waals surface area contributed by atoms with E-state index in [4.69, 9.17) is 4.42 Å². The van der Waals surface area contributed by atoms with Crippen LogP contribution in [0.5, 0.6) is 0 Å². The van der Waals surface area contributed by atoms with Crippen molar-refractivity contribution in [3.05, 3.63) is 28.3 Å². The van der Waals surface area contributed by atoms with E-state index < -0.39 is 4.92 Å². The maximum atomic E-state index is 11.3. The number of thioether (sulfide) groups is 1. The number of nitro groups is 1. The smallest absolute Gasteiger partial charge is 0.271 e. The average Bonchev–Trinajstić information content (AvgIpc) is 2.78. The number of non-ortho nitro benzene ring substituents is 1. The number of fused-ring (bicyclic) bond motifs is 1. The zero-order valence-electron chi connectivity index (χ0n) is 10.1. The second-order valence-electron chi connectivity index (χ2n) is 3.63. The maximum Gasteiger partial charge on any atom is 0.271 e. The van der Waals surface area contributed by atoms with Gasteiger partial charge >= 0.3 is 0 Å². The molecule has 1 aromatic heterocycles. The van der Waals surface area contributed by atoms with Gasteiger partial charge in [0.25, 0.3) is 10.9 Å². The Morgan fingerprint density at radius 3 is 3.05 bits per heavy atom. The molecule has 0 saturated heterocycles. The number of hydrogen-bond donors (Lipinski definition) is 1. The summed E-state index contributed by atoms with van der Waals surface area (Å²) < 4.78 is 5.38. The fourth-order valence-corrected chi connectivity index (χ4v) is 2.11. The van der Waals surface area contributed by atoms with E-state index in [1.165, 1.54) is 18.2 Å². The minimum absolute atomic E-state index is 0.0407. The molecular weight excluding hydrogens is 270 g/mol. The van der Waals surface area contributed by atoms with Gasteiger partial charge in [0.1, 0.15) is 5.52 Å². The SMILES string of the molecule is CCNC(=O)CSc1nc2cc([N+](=O)[O-])ccc2o1. The van der Waals surface area contributed by atoms with Crippen LogP contribution in [-0.4, -0.2) is 28.1 Å². The molecular formula is C11H11N3O4S. The third-order valence-electron chi connectivity index (χ3n) is 2.26. The van der Waals surface area contributed by atoms with Crippen LogP contribution in [0.25, 0.3) is 11.1 Å². The summed E-state index contributed by atoms with van der Waals surface area (Å²) in [5.41, 5.74) is 0.831. The molecule has 0 aliphatic carbocycles. The quantitative estimate of drug-likeness (QED) is 0.511. The molecule has 7 nitrogen and oxygen atoms in total. The van der Waals surface area contributed by atoms with Crippen molar-refractivity contribution in [1.29, 1.82) is 0 Å². The number of nitrogens with zero attached hydrogens (tertiary/aromatic N) is 2. The van der Waals surface area contributed by atoms with Crippen LogP contribution in [0.1, 0.15) is 6.92 Å². The average molecular weight is 281 g/mol. The van der Waals surface area contributed by atoms with Crippen LogP contribution in [-0.2, 0) is 4.79 Å². The molecule has 100 valence electrons. The van der Waals surface area contributed by atoms with Gasteiger partial charge in [-0.05, 0) is 13.0 Å². The summed E-state index contributed by atoms with van der Waals surface area (Å²) in [5.74, 6) is 0.0867. The number of rotatable bonds is 5. The van der Waals surface area contributed by atoms with Crippen molar-refractivity contribution in [3.8, 4) is 0 Å². The van der Waals surface area contributed by atoms with Gasteiger partial charge in [0.05, 0.1) is 10.7 Å². The number of carbonyl (C=O) groups excluding carboxylic acids is 1. The van der Waals surface area contributed by atoms with E-state index in [1.807, 2.05) is 6.92 Å². The Kier molecular flexibility index (Phi) is 4.00. The number of carbonyl (C=O) groups is 1. The largest absolute Gasteiger partial charge is 0.431 e. The lowest BCUT2D eigenvalue weighted by molar-refractivity contribution is -0.384. The molecule has 0 unspecified atom stereocenters. The minimum Gasteiger partial charge on any atom is -0.431 e. The van der Waals surface area contributed by atoms with Gasteiger partial charge in [0.15, 0.2) is 5.58 Å². The van der Waals surface area contributed by atoms with Crippen molar-refractivity contribution in [3.63, 3.8) is 0 Å². The first-order valence-electron chi connectivity index (χ1n) is 5.54. The second-order valence-corrected chi connectivity index (χ2v) is 4.56. The molecule has 0 aliphatic heterocycles. The lowest BCUT2D eigenvalue weighted by atomic mass is 10.3. The molecule has 19 heavy (non-hydrogen) atoms. The van der Waals surface area contributed by atoms with Crippen LogP contribution in [0.4, 0.5) is 5.69 Å². The first-order valence-corrected chi connectivity index (χ1v) is 6.53. The highest BCUT2D eigenvalue weighted by atomic mass is 32.2. The zero-order valence-corrected chi connectivity index (χ0v) is 10.9. The Morgan fingerprint density at radius 2 is 2.37 bits per heavy atom. The summed E-state index contributed by atoms with van der Waals surface area (Å²) in [6.07, 6.45) is 0. The summed E-state index contributed by atoms with van der Waals surface area (Å²) in [7, 11) is 0. The van der Waals surface area contributed by atoms with E-state index in [0.717, 1.165) is 11.8 Å². The highest BCUT2D eigenvalue weighted by Crippen LogP contribution is 2.26. The topological polar surface area (TPSA) is 98.3 Å². The third-order valence-corrected chi connectivity index (χ3v) is 3.09. The van der Waals surface area contributed by atoms with Crippen LogP contribution in [0.15, 0.2) is 27.8 Å². The number of amides is 1. The van der Waals surface area contributed by atoms with Gasteiger partial charge in [0.2, 0.25) is 5.91 Å². The number of aromatic nitrogens is 1. The Bertz CT molecular complexity index is 625. The van der Waals surface area contributed by atoms with E-state index in [1.54, 1.807) is 0 Å². The van der Waals surface area contributed by atoms with Crippen molar-refractivity contribution >= 4 is 34.5 Å². The maximum absolute atomic E-state index is 11.3. The van der Waals surface area contributed by atoms with Gasteiger partial charge in [-0.1, -0.05) is 11.8 Å². The molecule has 2 rings (SSSR count). The van der Waals surface area contributed by atoms with E-state index in [2.05, 4.69) is 10.3 Å². The number of oxazole rings is 1. The predicted molar refractivity (Wildman–Crippen MR) is 70.1 cm³/mol. The van der Waals surface area contributed by atoms with Crippen LogP contribution in [0, 0.1) is 10.1 Å². The normalized spacial score (nSPS) is 10.6. The molecule has 2 aromatic rings. The molecule has 1 heterocycles. The highest BCUT2D eigenvalue weighted by molar-refractivity contribution is 7.99. The van der Waals surface area contributed by atoms with Crippen LogP contribution >= 0.6 is 11.8 Å². The van der Waals surface area contributed by atoms with E-state index >= 15 is 0 Å². The summed E-state index contributed by atoms with van der Waals surface area (Å²) >= 11 is 1.15. The summed E-state index contributed by atoms with van der Waals surface area (Å²) in [5, 5.41) is 13.6. The lowest BCUT2D eigenvalue weighted by Crippen LogP contribution is -2.24. The second kappa shape index (κ2) is 5.70. The standard InChI is InChI=1S/C11H11N3O4S/c1-2-12-10(15)6-19-11-13-8-5-7(14(16)17)3-4-9(8)18-11/h3-5H,2,6H2,1H3,(H,12,15). The van der Waals surface area contributed by atoms with Crippen LogP contribution in [0.2, 0.25) is 0 Å². The predicted octanol–water partition coefficient (Wildman–Crippen LogP) is 1.96. The van der Waals surface area contributed by atoms with Crippen molar-refractivity contribution in [2.24, 2.45) is 0 Å². The number of nitro benzene ring substituents is 1. The monoisotopic (exact) mass is 281 g/mol. The van der Waals surface area contributed by atoms with Crippen molar-refractivity contribution in [2.45, 2.75) is 12.1 Å². The molecule has 1 amide bonds. The molecule has 0 spiro atoms. The molecule has 0 atom stereocenters. The van der Waals surface area contributed by atoms with Gasteiger partial charge in [-0.15, -0.1) is 0 Å². The third kappa shape index (κ3) is 3.22. The fourth-order valence-electron chi connectivity index (χ4n) is 1.45. The van der Waals surface area contributed by atoms with Crippen molar-refractivity contribution < 1.29 is 14.1 Å². The Hall–Kier alpha value is -2.09. The van der Waals surface area contributed by atoms with Crippen LogP contribution in [0.3, 0.4) is 0 Å². The van der Waals surface area contributed by atoms with Crippen LogP contribution < -0.4 is 5.32 Å². The van der Waals surface area contributed by atoms with E-state index in [-0.39, 0.29) is 17.3 Å². The minimum atomic E-state index is -0.490. The first-order chi connectivity index (χ1) is 9.10. The molecule has 0 saturated carbocycles. The summed E-state index contributed by atoms with van der Waals surface area (Å²) in [6, 6.07) is 4.19. The first kappa shape index (κ1) is 13.3. The Balaban J connectivity index is 2.13. The number of nitrogens with one attached hydrogen (secondary N) is 1. The van der Waals surface area contributed by atoms with Gasteiger partial charge in [0, 0.05) is 18.7 Å². The van der Waals surface area contributed by atoms with Gasteiger partial charge in [-0.25, -0.2) is 4.98 Å². The van der Waals surface area contributed by atoms with Crippen molar-refractivity contribution in [2.75, 3.05) is 12.3 Å². The summed E-state index contributed by atoms with van der Waals surface area (Å²) in [6.45, 7) is 2.40. The highest BCUT2D eigenvalue weighted by Gasteiger charge is 2.12. The summed E-state index contributed by atoms with van der Waals surface area (Å²) in [4.78, 5) is 25.5. The molecule has 0 aliphatic rings. The molecule has 8 heteroatoms. The van der Waals surface area contributed by atoms with Gasteiger partial charge in [-0.2, -0.15) is 0 Å². The molecule has 0 radical (unpaired) electrons. The van der Waals surface area contributed by atoms with Gasteiger partial charge in [-0.3, -0.25) is 14.9 Å². The lowest BCUT2D eigenvalue weighted by Gasteiger charge is -1.98. The van der Waals surface area contributed by atoms with E-state index in [9.17, 15) is 14.9 Å². The molecule has 1 aromatic carbocycles. The van der Waals surface area contributed by atoms with Crippen molar-refractivity contribution in [1.82, 2.24) is 10.3 Å². The van der Waals surface area contributed by atoms with E-state index in [0.29, 0.717) is 22.9 Å². The zero-order chi connectivity index (χ0) is 13.8.